The number of hydrogen-bond acceptors (Lipinski definition) is 4. The van der Waals surface area contributed by atoms with Gasteiger partial charge in [0, 0.05) is 17.6 Å². The Hall–Kier alpha value is -2.47. The Morgan fingerprint density at radius 3 is 2.78 bits per heavy atom. The van der Waals surface area contributed by atoms with Crippen molar-refractivity contribution in [1.82, 2.24) is 14.7 Å². The van der Waals surface area contributed by atoms with Gasteiger partial charge >= 0.3 is 0 Å². The second-order valence-electron chi connectivity index (χ2n) is 5.36. The number of thiazole rings is 1. The SMILES string of the molecule is CC[C@H](C)NC(=O)c1cnc2scc(-c3ccccc3)n2c1=O. The number of fused-ring (bicyclic) bond motifs is 1. The van der Waals surface area contributed by atoms with Crippen LogP contribution in [-0.2, 0) is 0 Å². The summed E-state index contributed by atoms with van der Waals surface area (Å²) in [7, 11) is 0. The third-order valence-corrected chi connectivity index (χ3v) is 4.59. The van der Waals surface area contributed by atoms with Crippen LogP contribution >= 0.6 is 11.3 Å². The van der Waals surface area contributed by atoms with Gasteiger partial charge in [-0.25, -0.2) is 4.98 Å². The maximum atomic E-state index is 12.8. The van der Waals surface area contributed by atoms with Crippen molar-refractivity contribution in [2.24, 2.45) is 0 Å². The first-order chi connectivity index (χ1) is 11.1. The Balaban J connectivity index is 2.12. The molecule has 6 heteroatoms. The lowest BCUT2D eigenvalue weighted by Crippen LogP contribution is -2.36. The Labute approximate surface area is 137 Å². The Bertz CT molecular complexity index is 899. The van der Waals surface area contributed by atoms with Gasteiger partial charge in [-0.2, -0.15) is 0 Å². The lowest BCUT2D eigenvalue weighted by molar-refractivity contribution is 0.0937. The van der Waals surface area contributed by atoms with Crippen molar-refractivity contribution < 1.29 is 4.79 Å². The van der Waals surface area contributed by atoms with Crippen LogP contribution < -0.4 is 10.9 Å². The average molecular weight is 327 g/mol. The molecule has 0 aliphatic heterocycles. The van der Waals surface area contributed by atoms with E-state index < -0.39 is 0 Å². The molecule has 2 heterocycles. The van der Waals surface area contributed by atoms with Crippen molar-refractivity contribution in [3.05, 3.63) is 57.8 Å². The van der Waals surface area contributed by atoms with Crippen LogP contribution in [0.4, 0.5) is 0 Å². The largest absolute Gasteiger partial charge is 0.349 e. The van der Waals surface area contributed by atoms with E-state index in [2.05, 4.69) is 10.3 Å². The van der Waals surface area contributed by atoms with Gasteiger partial charge in [0.05, 0.1) is 5.69 Å². The lowest BCUT2D eigenvalue weighted by Gasteiger charge is -2.11. The van der Waals surface area contributed by atoms with E-state index in [-0.39, 0.29) is 23.1 Å². The van der Waals surface area contributed by atoms with Crippen LogP contribution in [0.1, 0.15) is 30.6 Å². The normalized spacial score (nSPS) is 12.3. The third kappa shape index (κ3) is 2.90. The summed E-state index contributed by atoms with van der Waals surface area (Å²) >= 11 is 1.38. The number of aromatic nitrogens is 2. The summed E-state index contributed by atoms with van der Waals surface area (Å²) in [4.78, 5) is 29.9. The second-order valence-corrected chi connectivity index (χ2v) is 6.20. The van der Waals surface area contributed by atoms with Gasteiger partial charge in [0.1, 0.15) is 5.56 Å². The summed E-state index contributed by atoms with van der Waals surface area (Å²) in [5, 5.41) is 4.70. The number of amides is 1. The van der Waals surface area contributed by atoms with Gasteiger partial charge in [-0.05, 0) is 18.9 Å². The van der Waals surface area contributed by atoms with E-state index in [1.165, 1.54) is 21.9 Å². The number of benzene rings is 1. The van der Waals surface area contributed by atoms with E-state index in [9.17, 15) is 9.59 Å². The zero-order chi connectivity index (χ0) is 16.4. The zero-order valence-electron chi connectivity index (χ0n) is 12.9. The summed E-state index contributed by atoms with van der Waals surface area (Å²) in [6.07, 6.45) is 2.16. The molecule has 0 aliphatic rings. The Kier molecular flexibility index (Phi) is 4.25. The van der Waals surface area contributed by atoms with E-state index in [1.54, 1.807) is 0 Å². The van der Waals surface area contributed by atoms with Crippen LogP contribution in [0.2, 0.25) is 0 Å². The number of rotatable bonds is 4. The monoisotopic (exact) mass is 327 g/mol. The fourth-order valence-corrected chi connectivity index (χ4v) is 3.12. The summed E-state index contributed by atoms with van der Waals surface area (Å²) in [6.45, 7) is 3.88. The molecule has 0 spiro atoms. The van der Waals surface area contributed by atoms with Crippen molar-refractivity contribution in [1.29, 1.82) is 0 Å². The molecule has 23 heavy (non-hydrogen) atoms. The fourth-order valence-electron chi connectivity index (χ4n) is 2.26. The molecular weight excluding hydrogens is 310 g/mol. The van der Waals surface area contributed by atoms with Gasteiger partial charge in [0.25, 0.3) is 11.5 Å². The molecular formula is C17H17N3O2S. The molecule has 0 saturated heterocycles. The first-order valence-electron chi connectivity index (χ1n) is 7.47. The molecule has 1 aromatic carbocycles. The van der Waals surface area contributed by atoms with Gasteiger partial charge in [-0.15, -0.1) is 11.3 Å². The highest BCUT2D eigenvalue weighted by Gasteiger charge is 2.17. The highest BCUT2D eigenvalue weighted by Crippen LogP contribution is 2.23. The molecule has 0 saturated carbocycles. The topological polar surface area (TPSA) is 63.5 Å². The molecule has 0 radical (unpaired) electrons. The molecule has 0 unspecified atom stereocenters. The Morgan fingerprint density at radius 2 is 2.09 bits per heavy atom. The summed E-state index contributed by atoms with van der Waals surface area (Å²) in [6, 6.07) is 9.62. The van der Waals surface area contributed by atoms with Crippen molar-refractivity contribution in [3.63, 3.8) is 0 Å². The number of nitrogens with one attached hydrogen (secondary N) is 1. The predicted molar refractivity (Wildman–Crippen MR) is 92.0 cm³/mol. The van der Waals surface area contributed by atoms with Crippen LogP contribution in [0.15, 0.2) is 46.7 Å². The van der Waals surface area contributed by atoms with Gasteiger partial charge < -0.3 is 5.32 Å². The third-order valence-electron chi connectivity index (χ3n) is 3.75. The minimum absolute atomic E-state index is 0.0127. The van der Waals surface area contributed by atoms with E-state index >= 15 is 0 Å². The van der Waals surface area contributed by atoms with Gasteiger partial charge in [0.15, 0.2) is 4.96 Å². The van der Waals surface area contributed by atoms with E-state index in [1.807, 2.05) is 49.6 Å². The number of carbonyl (C=O) groups excluding carboxylic acids is 1. The molecule has 0 fully saturated rings. The van der Waals surface area contributed by atoms with Crippen molar-refractivity contribution in [2.75, 3.05) is 0 Å². The molecule has 1 amide bonds. The summed E-state index contributed by atoms with van der Waals surface area (Å²) < 4.78 is 1.51. The molecule has 118 valence electrons. The lowest BCUT2D eigenvalue weighted by atomic mass is 10.2. The molecule has 1 N–H and O–H groups in total. The van der Waals surface area contributed by atoms with Crippen molar-refractivity contribution in [2.45, 2.75) is 26.3 Å². The minimum atomic E-state index is -0.378. The summed E-state index contributed by atoms with van der Waals surface area (Å²) in [5.41, 5.74) is 1.40. The van der Waals surface area contributed by atoms with E-state index in [0.29, 0.717) is 4.96 Å². The maximum Gasteiger partial charge on any atom is 0.271 e. The fraction of sp³-hybridized carbons (Fsp3) is 0.235. The predicted octanol–water partition coefficient (Wildman–Crippen LogP) is 2.95. The summed E-state index contributed by atoms with van der Waals surface area (Å²) in [5.74, 6) is -0.378. The molecule has 5 nitrogen and oxygen atoms in total. The van der Waals surface area contributed by atoms with E-state index in [0.717, 1.165) is 17.7 Å². The smallest absolute Gasteiger partial charge is 0.271 e. The van der Waals surface area contributed by atoms with Crippen LogP contribution in [0.3, 0.4) is 0 Å². The standard InChI is InChI=1S/C17H17N3O2S/c1-3-11(2)19-15(21)13-9-18-17-20(16(13)22)14(10-23-17)12-7-5-4-6-8-12/h4-11H,3H2,1-2H3,(H,19,21)/t11-/m0/s1. The number of carbonyl (C=O) groups is 1. The van der Waals surface area contributed by atoms with Gasteiger partial charge in [-0.3, -0.25) is 14.0 Å². The van der Waals surface area contributed by atoms with Crippen molar-refractivity contribution >= 4 is 22.2 Å². The molecule has 1 atom stereocenters. The molecule has 0 aliphatic carbocycles. The first-order valence-corrected chi connectivity index (χ1v) is 8.35. The molecule has 3 rings (SSSR count). The quantitative estimate of drug-likeness (QED) is 0.801. The second kappa shape index (κ2) is 6.34. The molecule has 3 aromatic rings. The van der Waals surface area contributed by atoms with Crippen LogP contribution in [0.5, 0.6) is 0 Å². The van der Waals surface area contributed by atoms with Crippen LogP contribution in [-0.4, -0.2) is 21.3 Å². The molecule has 2 aromatic heterocycles. The maximum absolute atomic E-state index is 12.8. The van der Waals surface area contributed by atoms with Gasteiger partial charge in [-0.1, -0.05) is 37.3 Å². The first kappa shape index (κ1) is 15.4. The van der Waals surface area contributed by atoms with Gasteiger partial charge in [0.2, 0.25) is 0 Å². The zero-order valence-corrected chi connectivity index (χ0v) is 13.8. The van der Waals surface area contributed by atoms with Crippen molar-refractivity contribution in [3.8, 4) is 11.3 Å². The average Bonchev–Trinajstić information content (AvgIpc) is 3.00. The van der Waals surface area contributed by atoms with E-state index in [4.69, 9.17) is 0 Å². The van der Waals surface area contributed by atoms with Crippen LogP contribution in [0, 0.1) is 0 Å². The van der Waals surface area contributed by atoms with Crippen LogP contribution in [0.25, 0.3) is 16.2 Å². The molecule has 0 bridgehead atoms. The highest BCUT2D eigenvalue weighted by atomic mass is 32.1. The highest BCUT2D eigenvalue weighted by molar-refractivity contribution is 7.15. The Morgan fingerprint density at radius 1 is 1.35 bits per heavy atom. The minimum Gasteiger partial charge on any atom is -0.349 e. The number of hydrogen-bond donors (Lipinski definition) is 1. The number of nitrogens with zero attached hydrogens (tertiary/aromatic N) is 2.